The van der Waals surface area contributed by atoms with Gasteiger partial charge in [0.2, 0.25) is 11.8 Å². The highest BCUT2D eigenvalue weighted by Crippen LogP contribution is 2.18. The van der Waals surface area contributed by atoms with E-state index in [-0.39, 0.29) is 51.6 Å². The van der Waals surface area contributed by atoms with Crippen molar-refractivity contribution < 1.29 is 64.4 Å². The molecule has 0 rings (SSSR count). The van der Waals surface area contributed by atoms with Gasteiger partial charge in [-0.3, -0.25) is 29.6 Å². The fourth-order valence-corrected chi connectivity index (χ4v) is 5.46. The van der Waals surface area contributed by atoms with Crippen molar-refractivity contribution in [2.45, 2.75) is 160 Å². The number of nitrogens with zero attached hydrogens (tertiary/aromatic N) is 2. The van der Waals surface area contributed by atoms with Gasteiger partial charge in [0.15, 0.2) is 5.60 Å². The van der Waals surface area contributed by atoms with E-state index in [0.29, 0.717) is 23.0 Å². The molecule has 55 heavy (non-hydrogen) atoms. The molecule has 17 heteroatoms. The summed E-state index contributed by atoms with van der Waals surface area (Å²) in [5.74, 6) is -8.58. The Kier molecular flexibility index (Phi) is 27.6. The van der Waals surface area contributed by atoms with Crippen molar-refractivity contribution in [3.05, 3.63) is 24.3 Å². The smallest absolute Gasteiger partial charge is 0.336 e. The molecule has 0 fully saturated rings. The summed E-state index contributed by atoms with van der Waals surface area (Å²) in [6.07, 6.45) is 15.8. The third kappa shape index (κ3) is 24.6. The molecule has 8 N–H and O–H groups in total. The Bertz CT molecular complexity index is 1170. The van der Waals surface area contributed by atoms with E-state index in [1.165, 1.54) is 12.2 Å². The van der Waals surface area contributed by atoms with Crippen LogP contribution in [-0.2, 0) is 33.6 Å². The second-order valence-corrected chi connectivity index (χ2v) is 13.7. The third-order valence-electron chi connectivity index (χ3n) is 8.77. The number of hydroxylamine groups is 4. The first-order valence-corrected chi connectivity index (χ1v) is 19.4. The molecule has 0 aliphatic heterocycles. The van der Waals surface area contributed by atoms with Crippen molar-refractivity contribution in [3.8, 4) is 0 Å². The lowest BCUT2D eigenvalue weighted by Gasteiger charge is -2.24. The number of carboxylic acids is 3. The number of carboxylic acid groups (broad SMARTS) is 3. The average molecular weight is 785 g/mol. The van der Waals surface area contributed by atoms with Gasteiger partial charge in [-0.25, -0.2) is 24.5 Å². The molecule has 0 unspecified atom stereocenters. The van der Waals surface area contributed by atoms with Crippen LogP contribution in [0.15, 0.2) is 24.3 Å². The normalized spacial score (nSPS) is 12.7. The number of unbranched alkanes of at least 4 members (excludes halogenated alkanes) is 12. The number of carbonyl (C=O) groups excluding carboxylic acids is 4. The first-order valence-electron chi connectivity index (χ1n) is 19.4. The number of nitrogens with one attached hydrogen (secondary N) is 2. The van der Waals surface area contributed by atoms with Crippen LogP contribution < -0.4 is 10.6 Å². The maximum atomic E-state index is 12.6. The zero-order valence-electron chi connectivity index (χ0n) is 32.5. The maximum Gasteiger partial charge on any atom is 0.336 e. The van der Waals surface area contributed by atoms with Gasteiger partial charge in [0.05, 0.1) is 12.8 Å². The highest BCUT2D eigenvalue weighted by molar-refractivity contribution is 5.94. The number of aliphatic hydroxyl groups is 1. The molecule has 0 radical (unpaired) electrons. The lowest BCUT2D eigenvalue weighted by atomic mass is 9.94. The van der Waals surface area contributed by atoms with Crippen LogP contribution in [0.25, 0.3) is 0 Å². The van der Waals surface area contributed by atoms with Gasteiger partial charge in [-0.1, -0.05) is 77.4 Å². The summed E-state index contributed by atoms with van der Waals surface area (Å²) < 4.78 is 0. The average Bonchev–Trinajstić information content (AvgIpc) is 3.12. The van der Waals surface area contributed by atoms with Crippen molar-refractivity contribution in [2.24, 2.45) is 0 Å². The van der Waals surface area contributed by atoms with Gasteiger partial charge in [-0.2, -0.15) is 0 Å². The molecule has 0 aromatic rings. The summed E-state index contributed by atoms with van der Waals surface area (Å²) >= 11 is 0. The molecule has 17 nitrogen and oxygen atoms in total. The van der Waals surface area contributed by atoms with E-state index >= 15 is 0 Å². The van der Waals surface area contributed by atoms with Gasteiger partial charge >= 0.3 is 17.9 Å². The highest BCUT2D eigenvalue weighted by Gasteiger charge is 2.42. The molecule has 0 saturated heterocycles. The van der Waals surface area contributed by atoms with E-state index in [9.17, 15) is 64.4 Å². The lowest BCUT2D eigenvalue weighted by Crippen LogP contribution is -2.51. The van der Waals surface area contributed by atoms with Crippen LogP contribution in [0.3, 0.4) is 0 Å². The fourth-order valence-electron chi connectivity index (χ4n) is 5.46. The number of hydrogen-bond donors (Lipinski definition) is 8. The van der Waals surface area contributed by atoms with E-state index in [4.69, 9.17) is 0 Å². The summed E-state index contributed by atoms with van der Waals surface area (Å²) in [6.45, 7) is 4.01. The molecule has 0 bridgehead atoms. The topological polar surface area (TPSA) is 271 Å². The van der Waals surface area contributed by atoms with E-state index in [1.807, 2.05) is 0 Å². The summed E-state index contributed by atoms with van der Waals surface area (Å²) in [4.78, 5) is 84.8. The van der Waals surface area contributed by atoms with Crippen molar-refractivity contribution in [1.82, 2.24) is 20.8 Å². The van der Waals surface area contributed by atoms with E-state index in [1.54, 1.807) is 12.2 Å². The van der Waals surface area contributed by atoms with Crippen LogP contribution in [0.5, 0.6) is 0 Å². The molecule has 0 aliphatic carbocycles. The number of hydrogen-bond acceptors (Lipinski definition) is 10. The Morgan fingerprint density at radius 2 is 0.927 bits per heavy atom. The van der Waals surface area contributed by atoms with Gasteiger partial charge in [0.1, 0.15) is 12.1 Å². The standard InChI is InChI=1S/C38H64N4O13/c1-3-5-7-9-11-13-15-23-33(45)41(54)25-19-17-21-29(35(47)48)39-31(43)27-38(53,37(51)52)28-32(44)40-30(36(49)50)22-18-20-26-42(55)34(46)24-16-14-12-10-8-6-4-2/h15-16,23-24,29-30,53-55H,3-14,17-22,25-28H2,1-2H3,(H,39,43)(H,40,44)(H,47,48)(H,49,50)(H,51,52)/b23-15+,24-16+/t29-,30-/m0/s1. The van der Waals surface area contributed by atoms with Gasteiger partial charge in [0, 0.05) is 25.2 Å². The zero-order valence-corrected chi connectivity index (χ0v) is 32.5. The second-order valence-electron chi connectivity index (χ2n) is 13.7. The Morgan fingerprint density at radius 3 is 1.25 bits per heavy atom. The van der Waals surface area contributed by atoms with E-state index < -0.39 is 72.1 Å². The van der Waals surface area contributed by atoms with Crippen molar-refractivity contribution in [3.63, 3.8) is 0 Å². The third-order valence-corrected chi connectivity index (χ3v) is 8.77. The summed E-state index contributed by atoms with van der Waals surface area (Å²) in [5.41, 5.74) is -3.01. The Labute approximate surface area is 323 Å². The maximum absolute atomic E-state index is 12.6. The molecule has 2 atom stereocenters. The Morgan fingerprint density at radius 1 is 0.564 bits per heavy atom. The Balaban J connectivity index is 4.85. The first-order chi connectivity index (χ1) is 26.1. The van der Waals surface area contributed by atoms with Gasteiger partial charge in [-0.15, -0.1) is 0 Å². The van der Waals surface area contributed by atoms with Gasteiger partial charge < -0.3 is 31.1 Å². The summed E-state index contributed by atoms with van der Waals surface area (Å²) in [7, 11) is 0. The minimum Gasteiger partial charge on any atom is -0.480 e. The summed E-state index contributed by atoms with van der Waals surface area (Å²) in [5, 5.41) is 64.5. The molecule has 4 amide bonds. The predicted molar refractivity (Wildman–Crippen MR) is 201 cm³/mol. The molecule has 314 valence electrons. The minimum atomic E-state index is -3.01. The predicted octanol–water partition coefficient (Wildman–Crippen LogP) is 4.33. The minimum absolute atomic E-state index is 0.109. The molecule has 0 spiro atoms. The van der Waals surface area contributed by atoms with Gasteiger partial charge in [-0.05, 0) is 64.2 Å². The molecular formula is C38H64N4O13. The number of carbonyl (C=O) groups is 7. The first kappa shape index (κ1) is 50.6. The highest BCUT2D eigenvalue weighted by atomic mass is 16.5. The fraction of sp³-hybridized carbons (Fsp3) is 0.711. The monoisotopic (exact) mass is 784 g/mol. The molecular weight excluding hydrogens is 720 g/mol. The van der Waals surface area contributed by atoms with Crippen LogP contribution in [-0.4, -0.2) is 113 Å². The molecule has 0 aromatic heterocycles. The van der Waals surface area contributed by atoms with Crippen molar-refractivity contribution >= 4 is 41.5 Å². The van der Waals surface area contributed by atoms with Crippen molar-refractivity contribution in [1.29, 1.82) is 0 Å². The van der Waals surface area contributed by atoms with Crippen LogP contribution in [0.4, 0.5) is 0 Å². The molecule has 0 aromatic carbocycles. The van der Waals surface area contributed by atoms with Gasteiger partial charge in [0.25, 0.3) is 11.8 Å². The molecule has 0 aliphatic rings. The van der Waals surface area contributed by atoms with Crippen LogP contribution >= 0.6 is 0 Å². The van der Waals surface area contributed by atoms with Crippen LogP contribution in [0, 0.1) is 0 Å². The number of rotatable bonds is 33. The number of aliphatic carboxylic acids is 3. The van der Waals surface area contributed by atoms with Crippen molar-refractivity contribution in [2.75, 3.05) is 13.1 Å². The summed E-state index contributed by atoms with van der Waals surface area (Å²) in [6, 6.07) is -3.04. The lowest BCUT2D eigenvalue weighted by molar-refractivity contribution is -0.165. The zero-order chi connectivity index (χ0) is 41.6. The SMILES string of the molecule is CCCCCCC/C=C/C(=O)N(O)CCCC[C@H](NC(=O)CC(O)(CC(=O)N[C@@H](CCCCN(O)C(=O)/C=C/CCCCCCC)C(=O)O)C(=O)O)C(=O)O. The van der Waals surface area contributed by atoms with E-state index in [2.05, 4.69) is 24.5 Å². The van der Waals surface area contributed by atoms with E-state index in [0.717, 1.165) is 64.2 Å². The van der Waals surface area contributed by atoms with Crippen LogP contribution in [0.1, 0.15) is 142 Å². The second kappa shape index (κ2) is 29.9. The Hall–Kier alpha value is -4.35. The molecule has 0 saturated carbocycles. The quantitative estimate of drug-likeness (QED) is 0.0200. The largest absolute Gasteiger partial charge is 0.480 e. The molecule has 0 heterocycles. The number of allylic oxidation sites excluding steroid dienone is 2. The number of amides is 4. The van der Waals surface area contributed by atoms with Crippen LogP contribution in [0.2, 0.25) is 0 Å².